The monoisotopic (exact) mass is 497 g/mol. The van der Waals surface area contributed by atoms with Crippen LogP contribution in [-0.4, -0.2) is 32.7 Å². The van der Waals surface area contributed by atoms with Crippen molar-refractivity contribution in [2.45, 2.75) is 36.3 Å². The Hall–Kier alpha value is 0.340. The van der Waals surface area contributed by atoms with E-state index in [1.807, 2.05) is 6.92 Å². The van der Waals surface area contributed by atoms with Crippen molar-refractivity contribution in [3.8, 4) is 0 Å². The van der Waals surface area contributed by atoms with Crippen LogP contribution in [0.15, 0.2) is 30.3 Å². The maximum atomic E-state index is 10.1. The third-order valence-corrected chi connectivity index (χ3v) is 5.82. The second-order valence-corrected chi connectivity index (χ2v) is 8.46. The predicted octanol–water partition coefficient (Wildman–Crippen LogP) is 4.30. The number of rotatable bonds is 3. The summed E-state index contributed by atoms with van der Waals surface area (Å²) < 4.78 is 1.68. The molecular weight excluding hydrogens is 476 g/mol. The fraction of sp³-hybridized carbons (Fsp3) is 0.500. The number of alkyl halides is 1. The van der Waals surface area contributed by atoms with Crippen LogP contribution in [0.3, 0.4) is 0 Å². The summed E-state index contributed by atoms with van der Waals surface area (Å²) in [6.07, 6.45) is 4.01. The summed E-state index contributed by atoms with van der Waals surface area (Å²) in [7, 11) is 0. The molecule has 1 heterocycles. The van der Waals surface area contributed by atoms with Crippen molar-refractivity contribution in [3.63, 3.8) is 0 Å². The minimum absolute atomic E-state index is 0.414. The molecule has 20 heavy (non-hydrogen) atoms. The molecule has 4 heteroatoms. The lowest BCUT2D eigenvalue weighted by molar-refractivity contribution is -0.00660. The minimum atomic E-state index is -0.489. The Labute approximate surface area is 148 Å². The largest absolute Gasteiger partial charge is 0.390 e. The van der Waals surface area contributed by atoms with Gasteiger partial charge in [0.1, 0.15) is 0 Å². The summed E-state index contributed by atoms with van der Waals surface area (Å²) >= 11 is 4.78. The van der Waals surface area contributed by atoms with Crippen molar-refractivity contribution >= 4 is 50.8 Å². The van der Waals surface area contributed by atoms with Crippen LogP contribution in [0.2, 0.25) is 0 Å². The van der Waals surface area contributed by atoms with Crippen molar-refractivity contribution in [1.82, 2.24) is 4.90 Å². The molecule has 1 fully saturated rings. The van der Waals surface area contributed by atoms with E-state index in [9.17, 15) is 5.11 Å². The van der Waals surface area contributed by atoms with E-state index in [4.69, 9.17) is 0 Å². The molecule has 1 N–H and O–H groups in total. The molecule has 1 aromatic rings. The Balaban J connectivity index is 1.97. The van der Waals surface area contributed by atoms with E-state index < -0.39 is 5.60 Å². The molecular formula is C16H21I2NO. The maximum Gasteiger partial charge on any atom is 0.0654 e. The Bertz CT molecular complexity index is 482. The van der Waals surface area contributed by atoms with E-state index in [-0.39, 0.29) is 0 Å². The first-order valence-electron chi connectivity index (χ1n) is 6.91. The fourth-order valence-electron chi connectivity index (χ4n) is 2.41. The van der Waals surface area contributed by atoms with Crippen molar-refractivity contribution in [1.29, 1.82) is 0 Å². The van der Waals surface area contributed by atoms with E-state index in [0.717, 1.165) is 25.9 Å². The molecule has 0 spiro atoms. The molecule has 1 aromatic carbocycles. The molecule has 0 aliphatic carbocycles. The lowest BCUT2D eigenvalue weighted by Crippen LogP contribution is -2.46. The quantitative estimate of drug-likeness (QED) is 0.383. The summed E-state index contributed by atoms with van der Waals surface area (Å²) in [5.41, 5.74) is 2.12. The molecule has 1 aliphatic rings. The molecule has 2 rings (SSSR count). The van der Waals surface area contributed by atoms with Gasteiger partial charge in [0.2, 0.25) is 0 Å². The molecule has 110 valence electrons. The summed E-state index contributed by atoms with van der Waals surface area (Å²) in [6, 6.07) is 8.64. The van der Waals surface area contributed by atoms with Crippen LogP contribution in [0.1, 0.15) is 32.3 Å². The van der Waals surface area contributed by atoms with Gasteiger partial charge in [-0.2, -0.15) is 0 Å². The van der Waals surface area contributed by atoms with Crippen LogP contribution in [-0.2, 0) is 0 Å². The highest BCUT2D eigenvalue weighted by Gasteiger charge is 2.32. The first-order chi connectivity index (χ1) is 9.37. The summed E-state index contributed by atoms with van der Waals surface area (Å²) in [4.78, 5) is 2.44. The average molecular weight is 497 g/mol. The maximum absolute atomic E-state index is 10.1. The SMILES string of the molecule is CC(=CCN1CCC(C)(O)CC1I)c1ccc(I)cc1. The highest BCUT2D eigenvalue weighted by Crippen LogP contribution is 2.30. The Morgan fingerprint density at radius 2 is 2.10 bits per heavy atom. The number of piperidine rings is 1. The number of allylic oxidation sites excluding steroid dienone is 1. The van der Waals surface area contributed by atoms with E-state index in [0.29, 0.717) is 4.05 Å². The highest BCUT2D eigenvalue weighted by molar-refractivity contribution is 14.1. The lowest BCUT2D eigenvalue weighted by atomic mass is 9.94. The van der Waals surface area contributed by atoms with Crippen LogP contribution >= 0.6 is 45.2 Å². The molecule has 0 aromatic heterocycles. The van der Waals surface area contributed by atoms with E-state index in [2.05, 4.69) is 87.3 Å². The van der Waals surface area contributed by atoms with Gasteiger partial charge in [-0.1, -0.05) is 40.8 Å². The predicted molar refractivity (Wildman–Crippen MR) is 102 cm³/mol. The van der Waals surface area contributed by atoms with Crippen molar-refractivity contribution in [3.05, 3.63) is 39.5 Å². The Kier molecular flexibility index (Phi) is 5.90. The number of halogens is 2. The molecule has 2 atom stereocenters. The Morgan fingerprint density at radius 1 is 1.45 bits per heavy atom. The van der Waals surface area contributed by atoms with Crippen LogP contribution in [0.5, 0.6) is 0 Å². The van der Waals surface area contributed by atoms with Gasteiger partial charge in [-0.25, -0.2) is 0 Å². The number of hydrogen-bond acceptors (Lipinski definition) is 2. The number of nitrogens with zero attached hydrogens (tertiary/aromatic N) is 1. The topological polar surface area (TPSA) is 23.5 Å². The number of likely N-dealkylation sites (tertiary alicyclic amines) is 1. The van der Waals surface area contributed by atoms with Gasteiger partial charge in [0.25, 0.3) is 0 Å². The second-order valence-electron chi connectivity index (χ2n) is 5.77. The number of hydrogen-bond donors (Lipinski definition) is 1. The standard InChI is InChI=1S/C16H21I2NO/c1-12(13-3-5-14(17)6-4-13)7-9-19-10-8-16(2,20)11-15(19)18/h3-7,15,20H,8-11H2,1-2H3. The van der Waals surface area contributed by atoms with Gasteiger partial charge in [0.15, 0.2) is 0 Å². The molecule has 0 bridgehead atoms. The van der Waals surface area contributed by atoms with Crippen LogP contribution in [0, 0.1) is 3.57 Å². The van der Waals surface area contributed by atoms with Gasteiger partial charge in [-0.05, 0) is 66.1 Å². The second kappa shape index (κ2) is 7.07. The molecule has 2 unspecified atom stereocenters. The van der Waals surface area contributed by atoms with E-state index in [1.54, 1.807) is 0 Å². The highest BCUT2D eigenvalue weighted by atomic mass is 127. The zero-order valence-corrected chi connectivity index (χ0v) is 16.3. The third kappa shape index (κ3) is 4.68. The summed E-state index contributed by atoms with van der Waals surface area (Å²) in [5.74, 6) is 0. The normalized spacial score (nSPS) is 28.6. The molecule has 0 saturated carbocycles. The molecule has 1 saturated heterocycles. The van der Waals surface area contributed by atoms with Gasteiger partial charge in [-0.15, -0.1) is 0 Å². The summed E-state index contributed by atoms with van der Waals surface area (Å²) in [5, 5.41) is 10.1. The molecule has 0 amide bonds. The lowest BCUT2D eigenvalue weighted by Gasteiger charge is -2.39. The van der Waals surface area contributed by atoms with Crippen molar-refractivity contribution in [2.75, 3.05) is 13.1 Å². The van der Waals surface area contributed by atoms with E-state index in [1.165, 1.54) is 14.7 Å². The van der Waals surface area contributed by atoms with E-state index >= 15 is 0 Å². The zero-order chi connectivity index (χ0) is 14.8. The third-order valence-electron chi connectivity index (χ3n) is 3.87. The number of aliphatic hydroxyl groups is 1. The van der Waals surface area contributed by atoms with Gasteiger partial charge < -0.3 is 5.11 Å². The van der Waals surface area contributed by atoms with Crippen molar-refractivity contribution in [2.24, 2.45) is 0 Å². The average Bonchev–Trinajstić information content (AvgIpc) is 2.37. The molecule has 2 nitrogen and oxygen atoms in total. The van der Waals surface area contributed by atoms with Crippen LogP contribution < -0.4 is 0 Å². The van der Waals surface area contributed by atoms with Gasteiger partial charge in [-0.3, -0.25) is 4.90 Å². The molecule has 0 radical (unpaired) electrons. The van der Waals surface area contributed by atoms with Gasteiger partial charge >= 0.3 is 0 Å². The minimum Gasteiger partial charge on any atom is -0.390 e. The summed E-state index contributed by atoms with van der Waals surface area (Å²) in [6.45, 7) is 6.05. The van der Waals surface area contributed by atoms with Crippen LogP contribution in [0.4, 0.5) is 0 Å². The van der Waals surface area contributed by atoms with Crippen LogP contribution in [0.25, 0.3) is 5.57 Å². The zero-order valence-electron chi connectivity index (χ0n) is 11.9. The fourth-order valence-corrected chi connectivity index (χ4v) is 4.22. The molecule has 1 aliphatic heterocycles. The first kappa shape index (κ1) is 16.7. The van der Waals surface area contributed by atoms with Gasteiger partial charge in [0.05, 0.1) is 9.65 Å². The number of benzene rings is 1. The Morgan fingerprint density at radius 3 is 2.70 bits per heavy atom. The van der Waals surface area contributed by atoms with Crippen molar-refractivity contribution < 1.29 is 5.11 Å². The first-order valence-corrected chi connectivity index (χ1v) is 9.23. The smallest absolute Gasteiger partial charge is 0.0654 e. The van der Waals surface area contributed by atoms with Gasteiger partial charge in [0, 0.05) is 23.1 Å².